The maximum absolute atomic E-state index is 11.7. The Kier molecular flexibility index (Phi) is 5.20. The molecule has 0 saturated heterocycles. The fourth-order valence-electron chi connectivity index (χ4n) is 2.33. The van der Waals surface area contributed by atoms with Crippen LogP contribution in [0.15, 0.2) is 30.5 Å². The lowest BCUT2D eigenvalue weighted by molar-refractivity contribution is -0.147. The van der Waals surface area contributed by atoms with Crippen LogP contribution in [0, 0.1) is 12.8 Å². The number of methoxy groups -OCH3 is 1. The summed E-state index contributed by atoms with van der Waals surface area (Å²) in [5.74, 6) is 0.469. The van der Waals surface area contributed by atoms with Crippen molar-refractivity contribution < 1.29 is 14.3 Å². The van der Waals surface area contributed by atoms with Gasteiger partial charge in [0.1, 0.15) is 5.75 Å². The van der Waals surface area contributed by atoms with Crippen molar-refractivity contribution in [3.8, 4) is 11.4 Å². The van der Waals surface area contributed by atoms with Crippen molar-refractivity contribution in [1.29, 1.82) is 0 Å². The zero-order valence-electron chi connectivity index (χ0n) is 13.5. The number of rotatable bonds is 6. The van der Waals surface area contributed by atoms with Gasteiger partial charge >= 0.3 is 5.97 Å². The number of ether oxygens (including phenoxy) is 2. The van der Waals surface area contributed by atoms with Crippen LogP contribution in [0.1, 0.15) is 25.1 Å². The highest BCUT2D eigenvalue weighted by molar-refractivity contribution is 5.72. The molecule has 0 amide bonds. The third-order valence-corrected chi connectivity index (χ3v) is 3.64. The smallest absolute Gasteiger partial charge is 0.308 e. The van der Waals surface area contributed by atoms with Gasteiger partial charge in [-0.2, -0.15) is 5.10 Å². The number of nitrogens with zero attached hydrogens (tertiary/aromatic N) is 2. The molecule has 0 radical (unpaired) electrons. The Morgan fingerprint density at radius 3 is 2.59 bits per heavy atom. The summed E-state index contributed by atoms with van der Waals surface area (Å²) in [4.78, 5) is 11.7. The van der Waals surface area contributed by atoms with E-state index in [1.165, 1.54) is 0 Å². The second kappa shape index (κ2) is 7.11. The highest BCUT2D eigenvalue weighted by atomic mass is 16.5. The molecule has 0 aliphatic rings. The molecule has 0 bridgehead atoms. The summed E-state index contributed by atoms with van der Waals surface area (Å²) in [5.41, 5.74) is 3.05. The van der Waals surface area contributed by atoms with E-state index >= 15 is 0 Å². The van der Waals surface area contributed by atoms with Crippen molar-refractivity contribution in [2.24, 2.45) is 5.92 Å². The van der Waals surface area contributed by atoms with E-state index in [1.54, 1.807) is 7.11 Å². The average molecular weight is 302 g/mol. The van der Waals surface area contributed by atoms with Crippen LogP contribution in [-0.2, 0) is 16.0 Å². The van der Waals surface area contributed by atoms with Gasteiger partial charge in [-0.05, 0) is 50.1 Å². The predicted octanol–water partition coefficient (Wildman–Crippen LogP) is 2.93. The molecule has 2 aromatic rings. The van der Waals surface area contributed by atoms with Crippen LogP contribution in [-0.4, -0.2) is 29.5 Å². The Balaban J connectivity index is 2.16. The number of hydrogen-bond acceptors (Lipinski definition) is 4. The molecule has 22 heavy (non-hydrogen) atoms. The number of aromatic nitrogens is 2. The molecule has 1 aromatic heterocycles. The molecule has 0 fully saturated rings. The Morgan fingerprint density at radius 2 is 2.00 bits per heavy atom. The van der Waals surface area contributed by atoms with E-state index in [1.807, 2.05) is 55.9 Å². The maximum Gasteiger partial charge on any atom is 0.308 e. The summed E-state index contributed by atoms with van der Waals surface area (Å²) >= 11 is 0. The molecule has 1 unspecified atom stereocenters. The topological polar surface area (TPSA) is 53.3 Å². The highest BCUT2D eigenvalue weighted by Gasteiger charge is 2.18. The van der Waals surface area contributed by atoms with Gasteiger partial charge in [-0.1, -0.05) is 6.92 Å². The molecular formula is C17H22N2O3. The second-order valence-electron chi connectivity index (χ2n) is 5.22. The summed E-state index contributed by atoms with van der Waals surface area (Å²) in [6.45, 7) is 6.11. The van der Waals surface area contributed by atoms with Crippen LogP contribution >= 0.6 is 0 Å². The van der Waals surface area contributed by atoms with E-state index < -0.39 is 0 Å². The Bertz CT molecular complexity index is 632. The Labute approximate surface area is 130 Å². The third-order valence-electron chi connectivity index (χ3n) is 3.64. The first-order valence-electron chi connectivity index (χ1n) is 7.41. The standard InChI is InChI=1S/C17H22N2O3/c1-5-22-17(20)12(2)10-14-11-18-19(13(14)3)15-6-8-16(21-4)9-7-15/h6-9,11-12H,5,10H2,1-4H3. The van der Waals surface area contributed by atoms with Crippen LogP contribution in [0.4, 0.5) is 0 Å². The molecule has 0 saturated carbocycles. The van der Waals surface area contributed by atoms with Crippen molar-refractivity contribution in [3.63, 3.8) is 0 Å². The van der Waals surface area contributed by atoms with Crippen LogP contribution in [0.3, 0.4) is 0 Å². The number of esters is 1. The Hall–Kier alpha value is -2.30. The summed E-state index contributed by atoms with van der Waals surface area (Å²) in [6, 6.07) is 7.71. The third kappa shape index (κ3) is 3.47. The number of carbonyl (C=O) groups excluding carboxylic acids is 1. The Morgan fingerprint density at radius 1 is 1.32 bits per heavy atom. The van der Waals surface area contributed by atoms with Gasteiger partial charge in [0, 0.05) is 5.69 Å². The van der Waals surface area contributed by atoms with E-state index in [2.05, 4.69) is 5.10 Å². The van der Waals surface area contributed by atoms with Crippen molar-refractivity contribution >= 4 is 5.97 Å². The molecule has 5 nitrogen and oxygen atoms in total. The first-order chi connectivity index (χ1) is 10.6. The summed E-state index contributed by atoms with van der Waals surface area (Å²) in [7, 11) is 1.64. The van der Waals surface area contributed by atoms with Crippen molar-refractivity contribution in [2.45, 2.75) is 27.2 Å². The van der Waals surface area contributed by atoms with Crippen molar-refractivity contribution in [1.82, 2.24) is 9.78 Å². The van der Waals surface area contributed by atoms with Gasteiger partial charge in [-0.25, -0.2) is 4.68 Å². The summed E-state index contributed by atoms with van der Waals surface area (Å²) < 4.78 is 12.1. The minimum absolute atomic E-state index is 0.168. The monoisotopic (exact) mass is 302 g/mol. The molecule has 0 N–H and O–H groups in total. The van der Waals surface area contributed by atoms with E-state index in [9.17, 15) is 4.79 Å². The maximum atomic E-state index is 11.7. The van der Waals surface area contributed by atoms with Gasteiger partial charge in [-0.15, -0.1) is 0 Å². The largest absolute Gasteiger partial charge is 0.497 e. The average Bonchev–Trinajstić information content (AvgIpc) is 2.88. The normalized spacial score (nSPS) is 12.0. The first kappa shape index (κ1) is 16.1. The van der Waals surface area contributed by atoms with Crippen LogP contribution in [0.2, 0.25) is 0 Å². The fraction of sp³-hybridized carbons (Fsp3) is 0.412. The zero-order chi connectivity index (χ0) is 16.1. The minimum atomic E-state index is -0.174. The number of carbonyl (C=O) groups is 1. The van der Waals surface area contributed by atoms with Crippen LogP contribution < -0.4 is 4.74 Å². The van der Waals surface area contributed by atoms with E-state index in [-0.39, 0.29) is 11.9 Å². The predicted molar refractivity (Wildman–Crippen MR) is 84.4 cm³/mol. The summed E-state index contributed by atoms with van der Waals surface area (Å²) in [5, 5.41) is 4.42. The van der Waals surface area contributed by atoms with Gasteiger partial charge in [-0.3, -0.25) is 4.79 Å². The lowest BCUT2D eigenvalue weighted by Crippen LogP contribution is -2.17. The van der Waals surface area contributed by atoms with Crippen LogP contribution in [0.25, 0.3) is 5.69 Å². The van der Waals surface area contributed by atoms with Crippen LogP contribution in [0.5, 0.6) is 5.75 Å². The van der Waals surface area contributed by atoms with Gasteiger partial charge in [0.25, 0.3) is 0 Å². The molecule has 1 atom stereocenters. The quantitative estimate of drug-likeness (QED) is 0.770. The lowest BCUT2D eigenvalue weighted by Gasteiger charge is -2.10. The molecule has 1 heterocycles. The lowest BCUT2D eigenvalue weighted by atomic mass is 10.0. The number of hydrogen-bond donors (Lipinski definition) is 0. The molecule has 0 spiro atoms. The van der Waals surface area contributed by atoms with Crippen molar-refractivity contribution in [3.05, 3.63) is 41.7 Å². The highest BCUT2D eigenvalue weighted by Crippen LogP contribution is 2.20. The van der Waals surface area contributed by atoms with Gasteiger partial charge in [0.2, 0.25) is 0 Å². The van der Waals surface area contributed by atoms with E-state index in [0.717, 1.165) is 22.7 Å². The van der Waals surface area contributed by atoms with E-state index in [4.69, 9.17) is 9.47 Å². The molecule has 0 aliphatic carbocycles. The SMILES string of the molecule is CCOC(=O)C(C)Cc1cnn(-c2ccc(OC)cc2)c1C. The van der Waals surface area contributed by atoms with E-state index in [0.29, 0.717) is 13.0 Å². The molecule has 2 rings (SSSR count). The fourth-order valence-corrected chi connectivity index (χ4v) is 2.33. The molecule has 5 heteroatoms. The molecular weight excluding hydrogens is 280 g/mol. The van der Waals surface area contributed by atoms with Gasteiger partial charge in [0.15, 0.2) is 0 Å². The van der Waals surface area contributed by atoms with Crippen molar-refractivity contribution in [2.75, 3.05) is 13.7 Å². The van der Waals surface area contributed by atoms with Gasteiger partial charge < -0.3 is 9.47 Å². The molecule has 1 aromatic carbocycles. The summed E-state index contributed by atoms with van der Waals surface area (Å²) in [6.07, 6.45) is 2.44. The number of benzene rings is 1. The second-order valence-corrected chi connectivity index (χ2v) is 5.22. The minimum Gasteiger partial charge on any atom is -0.497 e. The van der Waals surface area contributed by atoms with Gasteiger partial charge in [0.05, 0.1) is 31.5 Å². The first-order valence-corrected chi connectivity index (χ1v) is 7.41. The molecule has 118 valence electrons. The zero-order valence-corrected chi connectivity index (χ0v) is 13.5. The molecule has 0 aliphatic heterocycles.